The summed E-state index contributed by atoms with van der Waals surface area (Å²) in [6.45, 7) is 3.10. The number of aromatic carboxylic acids is 1. The summed E-state index contributed by atoms with van der Waals surface area (Å²) in [4.78, 5) is 28.1. The standard InChI is InChI=1S/C27H26ClFN4O3S/c1-16-26(37-20-5-3-4-18(12-20)27(35)36)21-6-7-22(28)24(29)25(21)33(16)15-23(34)32-10-8-17(9-11-32)19-13-30-31(2)14-19/h3-7,12-14,17H,8-11,15H2,1-2H3,(H,35,36). The summed E-state index contributed by atoms with van der Waals surface area (Å²) in [7, 11) is 1.90. The molecule has 0 aliphatic carbocycles. The molecule has 10 heteroatoms. The van der Waals surface area contributed by atoms with Gasteiger partial charge in [0.2, 0.25) is 5.91 Å². The van der Waals surface area contributed by atoms with Gasteiger partial charge >= 0.3 is 5.97 Å². The van der Waals surface area contributed by atoms with E-state index < -0.39 is 11.8 Å². The van der Waals surface area contributed by atoms with Gasteiger partial charge in [0.05, 0.1) is 22.3 Å². The topological polar surface area (TPSA) is 80.4 Å². The van der Waals surface area contributed by atoms with Crippen LogP contribution in [0.3, 0.4) is 0 Å². The molecule has 1 amide bonds. The molecule has 4 aromatic rings. The van der Waals surface area contributed by atoms with Crippen molar-refractivity contribution >= 4 is 46.1 Å². The van der Waals surface area contributed by atoms with Crippen LogP contribution in [0.5, 0.6) is 0 Å². The van der Waals surface area contributed by atoms with Crippen LogP contribution in [-0.4, -0.2) is 49.3 Å². The van der Waals surface area contributed by atoms with E-state index >= 15 is 4.39 Å². The van der Waals surface area contributed by atoms with Gasteiger partial charge in [0, 0.05) is 47.2 Å². The van der Waals surface area contributed by atoms with Gasteiger partial charge in [-0.25, -0.2) is 9.18 Å². The summed E-state index contributed by atoms with van der Waals surface area (Å²) in [6, 6.07) is 9.85. The molecule has 1 N–H and O–H groups in total. The van der Waals surface area contributed by atoms with E-state index in [2.05, 4.69) is 5.10 Å². The Labute approximate surface area is 222 Å². The number of aryl methyl sites for hydroxylation is 1. The second-order valence-corrected chi connectivity index (χ2v) is 10.8. The van der Waals surface area contributed by atoms with Crippen molar-refractivity contribution in [3.63, 3.8) is 0 Å². The summed E-state index contributed by atoms with van der Waals surface area (Å²) in [5, 5.41) is 14.2. The number of likely N-dealkylation sites (tertiary alicyclic amines) is 1. The molecule has 1 aliphatic heterocycles. The van der Waals surface area contributed by atoms with Crippen LogP contribution >= 0.6 is 23.4 Å². The van der Waals surface area contributed by atoms with E-state index in [1.54, 1.807) is 27.4 Å². The zero-order chi connectivity index (χ0) is 26.3. The lowest BCUT2D eigenvalue weighted by Crippen LogP contribution is -2.39. The highest BCUT2D eigenvalue weighted by atomic mass is 35.5. The number of fused-ring (bicyclic) bond motifs is 1. The van der Waals surface area contributed by atoms with Crippen molar-refractivity contribution in [2.75, 3.05) is 13.1 Å². The largest absolute Gasteiger partial charge is 0.478 e. The number of rotatable bonds is 6. The average Bonchev–Trinajstić information content (AvgIpc) is 3.43. The molecular weight excluding hydrogens is 515 g/mol. The fraction of sp³-hybridized carbons (Fsp3) is 0.296. The van der Waals surface area contributed by atoms with Gasteiger partial charge in [-0.05, 0) is 61.6 Å². The third-order valence-corrected chi connectivity index (χ3v) is 8.46. The van der Waals surface area contributed by atoms with Gasteiger partial charge in [0.1, 0.15) is 6.54 Å². The van der Waals surface area contributed by atoms with E-state index in [9.17, 15) is 14.7 Å². The number of carboxylic acid groups (broad SMARTS) is 1. The first-order valence-electron chi connectivity index (χ1n) is 12.0. The Morgan fingerprint density at radius 1 is 1.22 bits per heavy atom. The number of hydrogen-bond donors (Lipinski definition) is 1. The van der Waals surface area contributed by atoms with Crippen LogP contribution < -0.4 is 0 Å². The van der Waals surface area contributed by atoms with Crippen molar-refractivity contribution in [2.24, 2.45) is 7.05 Å². The molecule has 0 atom stereocenters. The lowest BCUT2D eigenvalue weighted by atomic mass is 9.91. The molecule has 192 valence electrons. The van der Waals surface area contributed by atoms with Gasteiger partial charge in [0.25, 0.3) is 0 Å². The zero-order valence-electron chi connectivity index (χ0n) is 20.4. The molecule has 7 nitrogen and oxygen atoms in total. The smallest absolute Gasteiger partial charge is 0.335 e. The van der Waals surface area contributed by atoms with Gasteiger partial charge < -0.3 is 14.6 Å². The molecule has 0 radical (unpaired) electrons. The minimum absolute atomic E-state index is 0.00706. The molecule has 3 heterocycles. The fourth-order valence-corrected chi connectivity index (χ4v) is 6.21. The van der Waals surface area contributed by atoms with Gasteiger partial charge in [0.15, 0.2) is 5.82 Å². The van der Waals surface area contributed by atoms with Crippen LogP contribution in [0.25, 0.3) is 10.9 Å². The Bertz CT molecular complexity index is 1510. The van der Waals surface area contributed by atoms with E-state index in [1.165, 1.54) is 29.5 Å². The van der Waals surface area contributed by atoms with E-state index in [-0.39, 0.29) is 28.6 Å². The van der Waals surface area contributed by atoms with Gasteiger partial charge in [-0.3, -0.25) is 9.48 Å². The predicted molar refractivity (Wildman–Crippen MR) is 141 cm³/mol. The Morgan fingerprint density at radius 2 is 1.97 bits per heavy atom. The highest BCUT2D eigenvalue weighted by molar-refractivity contribution is 7.99. The number of aromatic nitrogens is 3. The highest BCUT2D eigenvalue weighted by Gasteiger charge is 2.27. The fourth-order valence-electron chi connectivity index (χ4n) is 4.96. The first-order chi connectivity index (χ1) is 17.7. The highest BCUT2D eigenvalue weighted by Crippen LogP contribution is 2.41. The summed E-state index contributed by atoms with van der Waals surface area (Å²) in [6.07, 6.45) is 5.61. The summed E-state index contributed by atoms with van der Waals surface area (Å²) >= 11 is 7.48. The number of benzene rings is 2. The second-order valence-electron chi connectivity index (χ2n) is 9.30. The monoisotopic (exact) mass is 540 g/mol. The molecule has 1 saturated heterocycles. The molecule has 1 fully saturated rings. The van der Waals surface area contributed by atoms with Crippen LogP contribution in [0.1, 0.15) is 40.4 Å². The number of carboxylic acids is 1. The number of hydrogen-bond acceptors (Lipinski definition) is 4. The predicted octanol–water partition coefficient (Wildman–Crippen LogP) is 5.73. The summed E-state index contributed by atoms with van der Waals surface area (Å²) < 4.78 is 18.8. The van der Waals surface area contributed by atoms with Crippen molar-refractivity contribution in [1.82, 2.24) is 19.2 Å². The van der Waals surface area contributed by atoms with Crippen molar-refractivity contribution in [2.45, 2.75) is 42.0 Å². The molecule has 0 unspecified atom stereocenters. The maximum absolute atomic E-state index is 15.3. The second kappa shape index (κ2) is 10.2. The van der Waals surface area contributed by atoms with E-state index in [1.807, 2.05) is 37.3 Å². The average molecular weight is 541 g/mol. The number of halogens is 2. The maximum atomic E-state index is 15.3. The SMILES string of the molecule is Cc1c(Sc2cccc(C(=O)O)c2)c2ccc(Cl)c(F)c2n1CC(=O)N1CCC(c2cnn(C)c2)CC1. The van der Waals surface area contributed by atoms with Crippen LogP contribution in [0.2, 0.25) is 5.02 Å². The van der Waals surface area contributed by atoms with E-state index in [0.717, 1.165) is 23.4 Å². The lowest BCUT2D eigenvalue weighted by Gasteiger charge is -2.32. The molecule has 0 saturated carbocycles. The number of amides is 1. The lowest BCUT2D eigenvalue weighted by molar-refractivity contribution is -0.132. The molecular formula is C27H26ClFN4O3S. The van der Waals surface area contributed by atoms with Crippen LogP contribution in [0.15, 0.2) is 58.6 Å². The Morgan fingerprint density at radius 3 is 2.65 bits per heavy atom. The Kier molecular flexibility index (Phi) is 7.00. The number of nitrogens with zero attached hydrogens (tertiary/aromatic N) is 4. The van der Waals surface area contributed by atoms with Gasteiger partial charge in [-0.2, -0.15) is 5.10 Å². The minimum Gasteiger partial charge on any atom is -0.478 e. The summed E-state index contributed by atoms with van der Waals surface area (Å²) in [5.41, 5.74) is 2.36. The number of piperidine rings is 1. The van der Waals surface area contributed by atoms with Crippen LogP contribution in [0, 0.1) is 12.7 Å². The third kappa shape index (κ3) is 4.98. The van der Waals surface area contributed by atoms with Crippen LogP contribution in [-0.2, 0) is 18.4 Å². The number of carbonyl (C=O) groups is 2. The molecule has 2 aromatic carbocycles. The first kappa shape index (κ1) is 25.4. The summed E-state index contributed by atoms with van der Waals surface area (Å²) in [5.74, 6) is -1.30. The van der Waals surface area contributed by atoms with E-state index in [0.29, 0.717) is 29.3 Å². The maximum Gasteiger partial charge on any atom is 0.335 e. The third-order valence-electron chi connectivity index (χ3n) is 6.96. The number of carbonyl (C=O) groups excluding carboxylic acids is 1. The Hall–Kier alpha value is -3.30. The molecule has 2 aromatic heterocycles. The van der Waals surface area contributed by atoms with E-state index in [4.69, 9.17) is 11.6 Å². The van der Waals surface area contributed by atoms with Crippen molar-refractivity contribution in [3.8, 4) is 0 Å². The molecule has 5 rings (SSSR count). The van der Waals surface area contributed by atoms with Crippen molar-refractivity contribution in [3.05, 3.63) is 76.5 Å². The molecule has 37 heavy (non-hydrogen) atoms. The van der Waals surface area contributed by atoms with Gasteiger partial charge in [-0.1, -0.05) is 29.4 Å². The normalized spacial score (nSPS) is 14.4. The molecule has 0 spiro atoms. The van der Waals surface area contributed by atoms with Crippen molar-refractivity contribution in [1.29, 1.82) is 0 Å². The van der Waals surface area contributed by atoms with Crippen molar-refractivity contribution < 1.29 is 19.1 Å². The molecule has 1 aliphatic rings. The zero-order valence-corrected chi connectivity index (χ0v) is 22.0. The Balaban J connectivity index is 1.42. The van der Waals surface area contributed by atoms with Crippen LogP contribution in [0.4, 0.5) is 4.39 Å². The first-order valence-corrected chi connectivity index (χ1v) is 13.2. The quantitative estimate of drug-likeness (QED) is 0.338. The minimum atomic E-state index is -1.02. The van der Waals surface area contributed by atoms with Gasteiger partial charge in [-0.15, -0.1) is 0 Å². The molecule has 0 bridgehead atoms.